The quantitative estimate of drug-likeness (QED) is 0.337. The van der Waals surface area contributed by atoms with E-state index < -0.39 is 0 Å². The van der Waals surface area contributed by atoms with Crippen molar-refractivity contribution in [2.24, 2.45) is 11.3 Å². The molecule has 0 aromatic rings. The molecule has 0 amide bonds. The maximum Gasteiger partial charge on any atom is 0.305 e. The molecule has 0 heterocycles. The van der Waals surface area contributed by atoms with Crippen molar-refractivity contribution in [2.75, 3.05) is 6.61 Å². The van der Waals surface area contributed by atoms with Crippen LogP contribution in [0.2, 0.25) is 0 Å². The molecule has 0 fully saturated rings. The Kier molecular flexibility index (Phi) is 10.9. The summed E-state index contributed by atoms with van der Waals surface area (Å²) < 4.78 is 5.41. The second kappa shape index (κ2) is 11.2. The van der Waals surface area contributed by atoms with Gasteiger partial charge in [0.1, 0.15) is 0 Å². The first-order valence-electron chi connectivity index (χ1n) is 8.53. The van der Waals surface area contributed by atoms with Gasteiger partial charge in [-0.05, 0) is 24.2 Å². The van der Waals surface area contributed by atoms with Crippen molar-refractivity contribution in [1.29, 1.82) is 0 Å². The summed E-state index contributed by atoms with van der Waals surface area (Å²) in [5.41, 5.74) is 0.101. The highest BCUT2D eigenvalue weighted by Gasteiger charge is 2.21. The highest BCUT2D eigenvalue weighted by Crippen LogP contribution is 2.25. The van der Waals surface area contributed by atoms with E-state index in [9.17, 15) is 4.79 Å². The summed E-state index contributed by atoms with van der Waals surface area (Å²) in [6, 6.07) is 0. The summed E-state index contributed by atoms with van der Waals surface area (Å²) in [4.78, 5) is 11.7. The molecule has 0 aliphatic rings. The molecule has 0 unspecified atom stereocenters. The molecular formula is C18H36O2. The van der Waals surface area contributed by atoms with Gasteiger partial charge in [0.05, 0.1) is 6.61 Å². The Hall–Kier alpha value is -0.530. The van der Waals surface area contributed by atoms with Gasteiger partial charge in [-0.15, -0.1) is 0 Å². The summed E-state index contributed by atoms with van der Waals surface area (Å²) in [5, 5.41) is 0. The summed E-state index contributed by atoms with van der Waals surface area (Å²) in [6.07, 6.45) is 10.4. The summed E-state index contributed by atoms with van der Waals surface area (Å²) in [5.74, 6) is 0.627. The van der Waals surface area contributed by atoms with Crippen LogP contribution in [0.15, 0.2) is 0 Å². The first-order valence-corrected chi connectivity index (χ1v) is 8.53. The van der Waals surface area contributed by atoms with Crippen molar-refractivity contribution in [3.8, 4) is 0 Å². The van der Waals surface area contributed by atoms with Crippen LogP contribution < -0.4 is 0 Å². The topological polar surface area (TPSA) is 26.3 Å². The summed E-state index contributed by atoms with van der Waals surface area (Å²) >= 11 is 0. The fourth-order valence-electron chi connectivity index (χ4n) is 2.74. The van der Waals surface area contributed by atoms with Crippen molar-refractivity contribution < 1.29 is 9.53 Å². The number of rotatable bonds is 12. The molecule has 0 saturated heterocycles. The lowest BCUT2D eigenvalue weighted by Crippen LogP contribution is -2.23. The zero-order chi connectivity index (χ0) is 15.4. The van der Waals surface area contributed by atoms with Gasteiger partial charge in [0.15, 0.2) is 0 Å². The molecule has 120 valence electrons. The van der Waals surface area contributed by atoms with Crippen LogP contribution in [0.3, 0.4) is 0 Å². The number of carbonyl (C=O) groups is 1. The van der Waals surface area contributed by atoms with Gasteiger partial charge in [0, 0.05) is 6.42 Å². The Morgan fingerprint density at radius 3 is 2.10 bits per heavy atom. The molecule has 0 bridgehead atoms. The van der Waals surface area contributed by atoms with Crippen molar-refractivity contribution in [3.63, 3.8) is 0 Å². The highest BCUT2D eigenvalue weighted by atomic mass is 16.5. The second-order valence-electron chi connectivity index (χ2n) is 7.29. The van der Waals surface area contributed by atoms with Crippen LogP contribution in [0.4, 0.5) is 0 Å². The first kappa shape index (κ1) is 19.5. The van der Waals surface area contributed by atoms with Gasteiger partial charge in [0.25, 0.3) is 0 Å². The molecular weight excluding hydrogens is 248 g/mol. The van der Waals surface area contributed by atoms with Crippen LogP contribution in [0, 0.1) is 11.3 Å². The van der Waals surface area contributed by atoms with E-state index in [2.05, 4.69) is 34.6 Å². The third kappa shape index (κ3) is 12.5. The normalized spacial score (nSPS) is 11.9. The number of ether oxygens (including phenoxy) is 1. The number of esters is 1. The molecule has 0 rings (SSSR count). The molecule has 0 spiro atoms. The van der Waals surface area contributed by atoms with Crippen LogP contribution in [0.25, 0.3) is 0 Å². The van der Waals surface area contributed by atoms with E-state index >= 15 is 0 Å². The number of unbranched alkanes of at least 4 members (excludes halogenated alkanes) is 6. The standard InChI is InChI=1S/C18H36O2/c1-6-7-8-9-10-11-12-13-17(19)20-15-18(4,5)14-16(2)3/h16H,6-15H2,1-5H3. The summed E-state index contributed by atoms with van der Waals surface area (Å²) in [7, 11) is 0. The minimum Gasteiger partial charge on any atom is -0.465 e. The molecule has 2 heteroatoms. The fourth-order valence-corrected chi connectivity index (χ4v) is 2.74. The van der Waals surface area contributed by atoms with Gasteiger partial charge in [-0.1, -0.05) is 73.1 Å². The van der Waals surface area contributed by atoms with E-state index in [1.165, 1.54) is 32.1 Å². The van der Waals surface area contributed by atoms with Gasteiger partial charge in [0.2, 0.25) is 0 Å². The SMILES string of the molecule is CCCCCCCCCC(=O)OCC(C)(C)CC(C)C. The molecule has 0 aliphatic carbocycles. The van der Waals surface area contributed by atoms with Gasteiger partial charge >= 0.3 is 5.97 Å². The number of carbonyl (C=O) groups excluding carboxylic acids is 1. The van der Waals surface area contributed by atoms with Crippen LogP contribution in [-0.4, -0.2) is 12.6 Å². The van der Waals surface area contributed by atoms with E-state index in [0.29, 0.717) is 18.9 Å². The van der Waals surface area contributed by atoms with Crippen LogP contribution in [0.5, 0.6) is 0 Å². The fraction of sp³-hybridized carbons (Fsp3) is 0.944. The first-order chi connectivity index (χ1) is 9.37. The Morgan fingerprint density at radius 2 is 1.55 bits per heavy atom. The smallest absolute Gasteiger partial charge is 0.305 e. The number of hydrogen-bond donors (Lipinski definition) is 0. The third-order valence-corrected chi connectivity index (χ3v) is 3.57. The average Bonchev–Trinajstić information content (AvgIpc) is 2.34. The Morgan fingerprint density at radius 1 is 1.00 bits per heavy atom. The molecule has 0 saturated carbocycles. The van der Waals surface area contributed by atoms with Crippen molar-refractivity contribution >= 4 is 5.97 Å². The third-order valence-electron chi connectivity index (χ3n) is 3.57. The molecule has 20 heavy (non-hydrogen) atoms. The molecule has 2 nitrogen and oxygen atoms in total. The van der Waals surface area contributed by atoms with E-state index in [1.54, 1.807) is 0 Å². The lowest BCUT2D eigenvalue weighted by atomic mass is 9.85. The molecule has 0 radical (unpaired) electrons. The van der Waals surface area contributed by atoms with Crippen LogP contribution >= 0.6 is 0 Å². The second-order valence-corrected chi connectivity index (χ2v) is 7.29. The molecule has 0 N–H and O–H groups in total. The largest absolute Gasteiger partial charge is 0.465 e. The average molecular weight is 284 g/mol. The molecule has 0 aliphatic heterocycles. The minimum atomic E-state index is -0.0182. The van der Waals surface area contributed by atoms with Crippen LogP contribution in [0.1, 0.15) is 92.4 Å². The van der Waals surface area contributed by atoms with Gasteiger partial charge in [-0.3, -0.25) is 4.79 Å². The monoisotopic (exact) mass is 284 g/mol. The van der Waals surface area contributed by atoms with Gasteiger partial charge < -0.3 is 4.74 Å². The predicted octanol–water partition coefficient (Wildman–Crippen LogP) is 5.74. The lowest BCUT2D eigenvalue weighted by molar-refractivity contribution is -0.147. The van der Waals surface area contributed by atoms with Gasteiger partial charge in [-0.25, -0.2) is 0 Å². The minimum absolute atomic E-state index is 0.0182. The van der Waals surface area contributed by atoms with E-state index in [4.69, 9.17) is 4.74 Å². The zero-order valence-electron chi connectivity index (χ0n) is 14.5. The Labute approximate surface area is 126 Å². The maximum atomic E-state index is 11.7. The molecule has 0 atom stereocenters. The Balaban J connectivity index is 3.54. The molecule has 0 aromatic heterocycles. The van der Waals surface area contributed by atoms with E-state index in [-0.39, 0.29) is 11.4 Å². The van der Waals surface area contributed by atoms with Crippen LogP contribution in [-0.2, 0) is 9.53 Å². The lowest BCUT2D eigenvalue weighted by Gasteiger charge is -2.26. The predicted molar refractivity (Wildman–Crippen MR) is 86.8 cm³/mol. The Bertz CT molecular complexity index is 244. The highest BCUT2D eigenvalue weighted by molar-refractivity contribution is 5.69. The number of hydrogen-bond acceptors (Lipinski definition) is 2. The van der Waals surface area contributed by atoms with E-state index in [0.717, 1.165) is 19.3 Å². The van der Waals surface area contributed by atoms with E-state index in [1.807, 2.05) is 0 Å². The van der Waals surface area contributed by atoms with Crippen molar-refractivity contribution in [3.05, 3.63) is 0 Å². The summed E-state index contributed by atoms with van der Waals surface area (Å²) in [6.45, 7) is 11.6. The maximum absolute atomic E-state index is 11.7. The van der Waals surface area contributed by atoms with Crippen molar-refractivity contribution in [1.82, 2.24) is 0 Å². The zero-order valence-corrected chi connectivity index (χ0v) is 14.5. The van der Waals surface area contributed by atoms with Gasteiger partial charge in [-0.2, -0.15) is 0 Å². The molecule has 0 aromatic carbocycles. The van der Waals surface area contributed by atoms with Crippen molar-refractivity contribution in [2.45, 2.75) is 92.4 Å².